The van der Waals surface area contributed by atoms with E-state index in [1.165, 1.54) is 33.8 Å². The van der Waals surface area contributed by atoms with Gasteiger partial charge in [-0.1, -0.05) is 0 Å². The molecular weight excluding hydrogens is 255 g/mol. The van der Waals surface area contributed by atoms with E-state index in [0.717, 1.165) is 0 Å². The summed E-state index contributed by atoms with van der Waals surface area (Å²) in [5.74, 6) is 0. The van der Waals surface area contributed by atoms with Gasteiger partial charge in [0.25, 0.3) is 11.1 Å². The van der Waals surface area contributed by atoms with E-state index in [4.69, 9.17) is 0 Å². The summed E-state index contributed by atoms with van der Waals surface area (Å²) in [6.07, 6.45) is 5.38. The van der Waals surface area contributed by atoms with E-state index in [0.29, 0.717) is 0 Å². The van der Waals surface area contributed by atoms with E-state index in [1.54, 1.807) is 0 Å². The molecule has 3 aromatic heterocycles. The molecule has 0 aliphatic rings. The molecule has 0 radical (unpaired) electrons. The molecule has 0 aliphatic carbocycles. The molecule has 16 heavy (non-hydrogen) atoms. The Hall–Kier alpha value is -1.66. The van der Waals surface area contributed by atoms with Crippen molar-refractivity contribution in [3.05, 3.63) is 45.8 Å². The number of halogens is 2. The van der Waals surface area contributed by atoms with Gasteiger partial charge in [-0.3, -0.25) is 18.4 Å². The highest BCUT2D eigenvalue weighted by Crippen LogP contribution is 1.95. The minimum Gasteiger partial charge on any atom is -0.266 e. The van der Waals surface area contributed by atoms with Gasteiger partial charge in [0.05, 0.1) is 12.4 Å². The predicted molar refractivity (Wildman–Crippen MR) is 62.2 cm³/mol. The van der Waals surface area contributed by atoms with Crippen LogP contribution in [0.15, 0.2) is 34.6 Å². The molecule has 0 atom stereocenters. The Bertz CT molecular complexity index is 619. The van der Waals surface area contributed by atoms with Crippen LogP contribution in [-0.4, -0.2) is 18.8 Å². The normalized spacial score (nSPS) is 10.0. The lowest BCUT2D eigenvalue weighted by molar-refractivity contribution is 1.01. The van der Waals surface area contributed by atoms with Gasteiger partial charge in [-0.25, -0.2) is 9.97 Å². The quantitative estimate of drug-likeness (QED) is 0.570. The lowest BCUT2D eigenvalue weighted by Crippen LogP contribution is -2.24. The summed E-state index contributed by atoms with van der Waals surface area (Å²) in [6.45, 7) is 0. The molecule has 0 spiro atoms. The summed E-state index contributed by atoms with van der Waals surface area (Å²) in [7, 11) is 0. The maximum absolute atomic E-state index is 11.7. The molecule has 0 saturated heterocycles. The molecule has 84 valence electrons. The fourth-order valence-electron chi connectivity index (χ4n) is 1.48. The lowest BCUT2D eigenvalue weighted by atomic mass is 10.5. The van der Waals surface area contributed by atoms with E-state index in [9.17, 15) is 9.59 Å². The number of nitrogens with zero attached hydrogens (tertiary/aromatic N) is 4. The molecule has 0 aromatic carbocycles. The Kier molecular flexibility index (Phi) is 3.16. The highest BCUT2D eigenvalue weighted by molar-refractivity contribution is 5.85. The van der Waals surface area contributed by atoms with Crippen molar-refractivity contribution in [1.29, 1.82) is 0 Å². The van der Waals surface area contributed by atoms with Crippen molar-refractivity contribution in [3.8, 4) is 0 Å². The first-order valence-corrected chi connectivity index (χ1v) is 3.93. The van der Waals surface area contributed by atoms with Gasteiger partial charge in [0.15, 0.2) is 0 Å². The zero-order valence-electron chi connectivity index (χ0n) is 7.73. The number of hydrogen-bond donors (Lipinski definition) is 0. The molecule has 0 unspecified atom stereocenters. The van der Waals surface area contributed by atoms with Crippen LogP contribution < -0.4 is 11.1 Å². The molecule has 0 aliphatic heterocycles. The van der Waals surface area contributed by atoms with Gasteiger partial charge in [0, 0.05) is 0 Å². The Morgan fingerprint density at radius 1 is 0.812 bits per heavy atom. The van der Waals surface area contributed by atoms with Crippen molar-refractivity contribution in [2.24, 2.45) is 0 Å². The molecule has 3 aromatic rings. The minimum absolute atomic E-state index is 0. The maximum Gasteiger partial charge on any atom is 0.282 e. The highest BCUT2D eigenvalue weighted by atomic mass is 35.5. The molecule has 0 N–H and O–H groups in total. The van der Waals surface area contributed by atoms with Crippen molar-refractivity contribution in [3.63, 3.8) is 0 Å². The third-order valence-corrected chi connectivity index (χ3v) is 2.15. The molecule has 3 rings (SSSR count). The van der Waals surface area contributed by atoms with Gasteiger partial charge in [-0.05, 0) is 0 Å². The van der Waals surface area contributed by atoms with Gasteiger partial charge in [0.2, 0.25) is 0 Å². The van der Waals surface area contributed by atoms with E-state index in [1.807, 2.05) is 0 Å². The summed E-state index contributed by atoms with van der Waals surface area (Å²) in [6, 6.07) is 0. The van der Waals surface area contributed by atoms with Crippen LogP contribution in [0, 0.1) is 0 Å². The third kappa shape index (κ3) is 1.35. The largest absolute Gasteiger partial charge is 0.282 e. The van der Waals surface area contributed by atoms with Crippen LogP contribution in [0.4, 0.5) is 0 Å². The fourth-order valence-corrected chi connectivity index (χ4v) is 1.48. The summed E-state index contributed by atoms with van der Waals surface area (Å²) < 4.78 is 2.44. The standard InChI is InChI=1S/C8H4N4O2.2ClH/c13-7-5-1-9-3-11(5)8(14)6-2-10-4-12(6)7;;/h1-4H;2*1H. The SMILES string of the molecule is Cl.Cl.O=c1c2cncn2c(=O)c2cncn12. The summed E-state index contributed by atoms with van der Waals surface area (Å²) >= 11 is 0. The van der Waals surface area contributed by atoms with E-state index in [-0.39, 0.29) is 47.0 Å². The molecule has 0 bridgehead atoms. The molecule has 0 amide bonds. The van der Waals surface area contributed by atoms with Crippen LogP contribution in [0.5, 0.6) is 0 Å². The topological polar surface area (TPSA) is 68.7 Å². The van der Waals surface area contributed by atoms with E-state index >= 15 is 0 Å². The summed E-state index contributed by atoms with van der Waals surface area (Å²) in [5, 5.41) is 0. The van der Waals surface area contributed by atoms with Gasteiger partial charge >= 0.3 is 0 Å². The van der Waals surface area contributed by atoms with Gasteiger partial charge in [-0.2, -0.15) is 0 Å². The number of imidazole rings is 2. The molecular formula is C8H6Cl2N4O2. The molecule has 6 nitrogen and oxygen atoms in total. The number of fused-ring (bicyclic) bond motifs is 2. The van der Waals surface area contributed by atoms with Crippen LogP contribution in [0.2, 0.25) is 0 Å². The average Bonchev–Trinajstić information content (AvgIpc) is 2.82. The lowest BCUT2D eigenvalue weighted by Gasteiger charge is -1.93. The van der Waals surface area contributed by atoms with Gasteiger partial charge < -0.3 is 0 Å². The van der Waals surface area contributed by atoms with E-state index < -0.39 is 0 Å². The minimum atomic E-state index is -0.283. The number of rotatable bonds is 0. The number of aromatic nitrogens is 4. The van der Waals surface area contributed by atoms with Gasteiger partial charge in [-0.15, -0.1) is 24.8 Å². The monoisotopic (exact) mass is 260 g/mol. The van der Waals surface area contributed by atoms with Crippen molar-refractivity contribution >= 4 is 35.8 Å². The van der Waals surface area contributed by atoms with Crippen LogP contribution >= 0.6 is 24.8 Å². The van der Waals surface area contributed by atoms with Crippen LogP contribution in [0.3, 0.4) is 0 Å². The Morgan fingerprint density at radius 3 is 1.56 bits per heavy atom. The fraction of sp³-hybridized carbons (Fsp3) is 0. The maximum atomic E-state index is 11.7. The smallest absolute Gasteiger partial charge is 0.266 e. The first-order chi connectivity index (χ1) is 6.79. The Balaban J connectivity index is 0.000000640. The van der Waals surface area contributed by atoms with Gasteiger partial charge in [0.1, 0.15) is 23.7 Å². The highest BCUT2D eigenvalue weighted by Gasteiger charge is 2.09. The van der Waals surface area contributed by atoms with Crippen molar-refractivity contribution in [2.45, 2.75) is 0 Å². The van der Waals surface area contributed by atoms with Crippen molar-refractivity contribution in [1.82, 2.24) is 18.8 Å². The van der Waals surface area contributed by atoms with Crippen molar-refractivity contribution < 1.29 is 0 Å². The zero-order valence-corrected chi connectivity index (χ0v) is 9.36. The first-order valence-electron chi connectivity index (χ1n) is 3.93. The zero-order chi connectivity index (χ0) is 9.71. The molecule has 0 saturated carbocycles. The van der Waals surface area contributed by atoms with Crippen LogP contribution in [0.1, 0.15) is 0 Å². The first kappa shape index (κ1) is 12.4. The molecule has 3 heterocycles. The summed E-state index contributed by atoms with van der Waals surface area (Å²) in [5.41, 5.74) is -0.0369. The van der Waals surface area contributed by atoms with Crippen LogP contribution in [-0.2, 0) is 0 Å². The average molecular weight is 261 g/mol. The van der Waals surface area contributed by atoms with E-state index in [2.05, 4.69) is 9.97 Å². The Morgan fingerprint density at radius 2 is 1.19 bits per heavy atom. The summed E-state index contributed by atoms with van der Waals surface area (Å²) in [4.78, 5) is 30.9. The molecule has 8 heteroatoms. The number of hydrogen-bond acceptors (Lipinski definition) is 4. The second-order valence-electron chi connectivity index (χ2n) is 2.91. The Labute approximate surface area is 101 Å². The second kappa shape index (κ2) is 4.07. The third-order valence-electron chi connectivity index (χ3n) is 2.15. The second-order valence-corrected chi connectivity index (χ2v) is 2.91. The molecule has 0 fully saturated rings. The predicted octanol–water partition coefficient (Wildman–Crippen LogP) is -0.0162. The van der Waals surface area contributed by atoms with Crippen molar-refractivity contribution in [2.75, 3.05) is 0 Å². The van der Waals surface area contributed by atoms with Crippen LogP contribution in [0.25, 0.3) is 11.0 Å².